The Labute approximate surface area is 146 Å². The summed E-state index contributed by atoms with van der Waals surface area (Å²) in [6, 6.07) is 3.85. The highest BCUT2D eigenvalue weighted by Gasteiger charge is 2.16. The van der Waals surface area contributed by atoms with Gasteiger partial charge in [0, 0.05) is 17.3 Å². The third-order valence-electron chi connectivity index (χ3n) is 4.16. The Morgan fingerprint density at radius 2 is 1.83 bits per heavy atom. The number of ketones is 1. The predicted octanol–water partition coefficient (Wildman–Crippen LogP) is 3.40. The SMILES string of the molecule is Cc1ccc(C(=O)CCC(=O)OCC(=O)NC2CCCCCC2)s1. The van der Waals surface area contributed by atoms with Crippen molar-refractivity contribution in [1.29, 1.82) is 0 Å². The van der Waals surface area contributed by atoms with Crippen molar-refractivity contribution in [3.63, 3.8) is 0 Å². The molecule has 0 bridgehead atoms. The molecule has 1 amide bonds. The van der Waals surface area contributed by atoms with Crippen LogP contribution < -0.4 is 5.32 Å². The Morgan fingerprint density at radius 3 is 2.46 bits per heavy atom. The molecule has 1 aromatic rings. The Morgan fingerprint density at radius 1 is 1.12 bits per heavy atom. The molecule has 1 saturated carbocycles. The Bertz CT molecular complexity index is 573. The average molecular weight is 351 g/mol. The third-order valence-corrected chi connectivity index (χ3v) is 5.20. The first kappa shape index (κ1) is 18.6. The summed E-state index contributed by atoms with van der Waals surface area (Å²) in [6.45, 7) is 1.67. The maximum absolute atomic E-state index is 11.9. The monoisotopic (exact) mass is 351 g/mol. The Balaban J connectivity index is 1.63. The van der Waals surface area contributed by atoms with Gasteiger partial charge in [-0.05, 0) is 31.9 Å². The van der Waals surface area contributed by atoms with Crippen molar-refractivity contribution in [2.75, 3.05) is 6.61 Å². The van der Waals surface area contributed by atoms with Crippen molar-refractivity contribution in [2.45, 2.75) is 64.3 Å². The molecule has 1 fully saturated rings. The minimum Gasteiger partial charge on any atom is -0.456 e. The van der Waals surface area contributed by atoms with E-state index in [9.17, 15) is 14.4 Å². The fraction of sp³-hybridized carbons (Fsp3) is 0.611. The molecular weight excluding hydrogens is 326 g/mol. The maximum atomic E-state index is 11.9. The number of Topliss-reactive ketones (excluding diaryl/α,β-unsaturated/α-hetero) is 1. The summed E-state index contributed by atoms with van der Waals surface area (Å²) < 4.78 is 4.97. The number of amides is 1. The third kappa shape index (κ3) is 6.43. The van der Waals surface area contributed by atoms with Gasteiger partial charge >= 0.3 is 5.97 Å². The van der Waals surface area contributed by atoms with Crippen LogP contribution in [0.25, 0.3) is 0 Å². The van der Waals surface area contributed by atoms with Gasteiger partial charge in [0.1, 0.15) is 0 Å². The molecule has 1 aliphatic rings. The predicted molar refractivity (Wildman–Crippen MR) is 93.2 cm³/mol. The first-order chi connectivity index (χ1) is 11.5. The minimum absolute atomic E-state index is 0.00644. The second-order valence-electron chi connectivity index (χ2n) is 6.25. The Kier molecular flexibility index (Phi) is 7.43. The standard InChI is InChI=1S/C18H25NO4S/c1-13-8-10-16(24-13)15(20)9-11-18(22)23-12-17(21)19-14-6-4-2-3-5-7-14/h8,10,14H,2-7,9,11-12H2,1H3,(H,19,21). The largest absolute Gasteiger partial charge is 0.456 e. The van der Waals surface area contributed by atoms with E-state index in [0.29, 0.717) is 4.88 Å². The number of hydrogen-bond acceptors (Lipinski definition) is 5. The lowest BCUT2D eigenvalue weighted by atomic mass is 10.1. The van der Waals surface area contributed by atoms with E-state index < -0.39 is 5.97 Å². The molecule has 1 aliphatic carbocycles. The highest BCUT2D eigenvalue weighted by Crippen LogP contribution is 2.18. The number of carbonyl (C=O) groups excluding carboxylic acids is 3. The fourth-order valence-electron chi connectivity index (χ4n) is 2.83. The van der Waals surface area contributed by atoms with E-state index in [0.717, 1.165) is 30.6 Å². The molecule has 1 heterocycles. The zero-order valence-corrected chi connectivity index (χ0v) is 15.0. The van der Waals surface area contributed by atoms with Crippen molar-refractivity contribution in [3.05, 3.63) is 21.9 Å². The van der Waals surface area contributed by atoms with Crippen LogP contribution in [0.1, 0.15) is 65.9 Å². The minimum atomic E-state index is -0.507. The van der Waals surface area contributed by atoms with Crippen LogP contribution in [0.15, 0.2) is 12.1 Å². The number of hydrogen-bond donors (Lipinski definition) is 1. The first-order valence-corrected chi connectivity index (χ1v) is 9.41. The van der Waals surface area contributed by atoms with Crippen LogP contribution in [0.4, 0.5) is 0 Å². The highest BCUT2D eigenvalue weighted by molar-refractivity contribution is 7.14. The summed E-state index contributed by atoms with van der Waals surface area (Å²) in [7, 11) is 0. The molecule has 6 heteroatoms. The lowest BCUT2D eigenvalue weighted by Crippen LogP contribution is -2.37. The molecule has 24 heavy (non-hydrogen) atoms. The van der Waals surface area contributed by atoms with Crippen LogP contribution in [0.5, 0.6) is 0 Å². The van der Waals surface area contributed by atoms with E-state index in [1.165, 1.54) is 24.2 Å². The van der Waals surface area contributed by atoms with E-state index in [2.05, 4.69) is 5.32 Å². The zero-order valence-electron chi connectivity index (χ0n) is 14.1. The van der Waals surface area contributed by atoms with Gasteiger partial charge in [0.05, 0.1) is 11.3 Å². The van der Waals surface area contributed by atoms with Crippen LogP contribution in [-0.4, -0.2) is 30.3 Å². The van der Waals surface area contributed by atoms with Crippen LogP contribution in [0.3, 0.4) is 0 Å². The molecule has 0 spiro atoms. The molecule has 1 aromatic heterocycles. The van der Waals surface area contributed by atoms with Crippen molar-refractivity contribution >= 4 is 29.0 Å². The summed E-state index contributed by atoms with van der Waals surface area (Å²) in [5.41, 5.74) is 0. The van der Waals surface area contributed by atoms with Gasteiger partial charge in [-0.1, -0.05) is 25.7 Å². The van der Waals surface area contributed by atoms with Crippen molar-refractivity contribution in [3.8, 4) is 0 Å². The van der Waals surface area contributed by atoms with E-state index in [1.54, 1.807) is 6.07 Å². The van der Waals surface area contributed by atoms with Gasteiger partial charge in [-0.3, -0.25) is 14.4 Å². The number of esters is 1. The average Bonchev–Trinajstić information content (AvgIpc) is 2.83. The van der Waals surface area contributed by atoms with Crippen LogP contribution in [0, 0.1) is 6.92 Å². The summed E-state index contributed by atoms with van der Waals surface area (Å²) in [4.78, 5) is 37.2. The first-order valence-electron chi connectivity index (χ1n) is 8.59. The molecule has 0 aliphatic heterocycles. The van der Waals surface area contributed by atoms with E-state index in [-0.39, 0.29) is 37.2 Å². The van der Waals surface area contributed by atoms with Gasteiger partial charge in [0.25, 0.3) is 5.91 Å². The van der Waals surface area contributed by atoms with E-state index in [4.69, 9.17) is 4.74 Å². The van der Waals surface area contributed by atoms with Crippen molar-refractivity contribution in [1.82, 2.24) is 5.32 Å². The van der Waals surface area contributed by atoms with Gasteiger partial charge in [-0.25, -0.2) is 0 Å². The zero-order chi connectivity index (χ0) is 17.4. The van der Waals surface area contributed by atoms with Crippen molar-refractivity contribution in [2.24, 2.45) is 0 Å². The van der Waals surface area contributed by atoms with Gasteiger partial charge in [0.15, 0.2) is 12.4 Å². The van der Waals surface area contributed by atoms with Crippen LogP contribution in [0.2, 0.25) is 0 Å². The number of carbonyl (C=O) groups is 3. The molecule has 0 atom stereocenters. The lowest BCUT2D eigenvalue weighted by molar-refractivity contribution is -0.148. The van der Waals surface area contributed by atoms with E-state index in [1.807, 2.05) is 13.0 Å². The van der Waals surface area contributed by atoms with Gasteiger partial charge < -0.3 is 10.1 Å². The summed E-state index contributed by atoms with van der Waals surface area (Å²) in [5, 5.41) is 2.93. The molecule has 2 rings (SSSR count). The number of thiophene rings is 1. The second kappa shape index (κ2) is 9.57. The number of nitrogens with one attached hydrogen (secondary N) is 1. The topological polar surface area (TPSA) is 72.5 Å². The van der Waals surface area contributed by atoms with Gasteiger partial charge in [-0.15, -0.1) is 11.3 Å². The Hall–Kier alpha value is -1.69. The molecular formula is C18H25NO4S. The summed E-state index contributed by atoms with van der Waals surface area (Å²) in [6.07, 6.45) is 6.82. The quantitative estimate of drug-likeness (QED) is 0.464. The molecule has 0 radical (unpaired) electrons. The van der Waals surface area contributed by atoms with E-state index >= 15 is 0 Å². The molecule has 0 saturated heterocycles. The number of ether oxygens (including phenoxy) is 1. The maximum Gasteiger partial charge on any atom is 0.306 e. The number of aryl methyl sites for hydroxylation is 1. The molecule has 1 N–H and O–H groups in total. The van der Waals surface area contributed by atoms with Crippen LogP contribution in [-0.2, 0) is 14.3 Å². The second-order valence-corrected chi connectivity index (χ2v) is 7.54. The summed E-state index contributed by atoms with van der Waals surface area (Å²) >= 11 is 1.42. The highest BCUT2D eigenvalue weighted by atomic mass is 32.1. The molecule has 5 nitrogen and oxygen atoms in total. The fourth-order valence-corrected chi connectivity index (χ4v) is 3.67. The normalized spacial score (nSPS) is 15.5. The number of rotatable bonds is 7. The molecule has 0 aromatic carbocycles. The van der Waals surface area contributed by atoms with Gasteiger partial charge in [-0.2, -0.15) is 0 Å². The van der Waals surface area contributed by atoms with Crippen molar-refractivity contribution < 1.29 is 19.1 Å². The smallest absolute Gasteiger partial charge is 0.306 e. The van der Waals surface area contributed by atoms with Crippen LogP contribution >= 0.6 is 11.3 Å². The molecule has 0 unspecified atom stereocenters. The van der Waals surface area contributed by atoms with Gasteiger partial charge in [0.2, 0.25) is 0 Å². The molecule has 132 valence electrons. The summed E-state index contributed by atoms with van der Waals surface area (Å²) in [5.74, 6) is -0.823. The lowest BCUT2D eigenvalue weighted by Gasteiger charge is -2.16.